The zero-order valence-electron chi connectivity index (χ0n) is 17.2. The second-order valence-corrected chi connectivity index (χ2v) is 9.00. The molecule has 30 heavy (non-hydrogen) atoms. The van der Waals surface area contributed by atoms with Crippen molar-refractivity contribution in [1.29, 1.82) is 0 Å². The average Bonchev–Trinajstić information content (AvgIpc) is 3.53. The maximum atomic E-state index is 13.5. The summed E-state index contributed by atoms with van der Waals surface area (Å²) in [6.45, 7) is 2.81. The van der Waals surface area contributed by atoms with E-state index < -0.39 is 5.41 Å². The minimum Gasteiger partial charge on any atom is -0.342 e. The summed E-state index contributed by atoms with van der Waals surface area (Å²) in [5.74, 6) is 1.20. The standard InChI is InChI=1S/C20H28N8O2/c29-18(16-11-21-23-17(16)28-14-22-24-25-28)27-10-8-20(13-27)7-4-9-26(19(20)30)12-15-5-2-1-3-6-15/h11,14-15H,1-10,12-13H2,(H,21,23). The number of likely N-dealkylation sites (tertiary alicyclic amines) is 2. The molecule has 0 radical (unpaired) electrons. The zero-order chi connectivity index (χ0) is 20.6. The van der Waals surface area contributed by atoms with Crippen molar-refractivity contribution in [1.82, 2.24) is 40.2 Å². The molecule has 0 aromatic carbocycles. The third-order valence-electron chi connectivity index (χ3n) is 7.10. The Morgan fingerprint density at radius 1 is 1.17 bits per heavy atom. The van der Waals surface area contributed by atoms with E-state index in [0.717, 1.165) is 32.4 Å². The minimum absolute atomic E-state index is 0.136. The van der Waals surface area contributed by atoms with E-state index in [9.17, 15) is 9.59 Å². The zero-order valence-corrected chi connectivity index (χ0v) is 17.2. The van der Waals surface area contributed by atoms with E-state index in [1.165, 1.54) is 49.3 Å². The van der Waals surface area contributed by atoms with Crippen molar-refractivity contribution in [2.45, 2.75) is 51.4 Å². The molecule has 4 heterocycles. The molecule has 1 atom stereocenters. The first-order valence-electron chi connectivity index (χ1n) is 11.0. The maximum absolute atomic E-state index is 13.5. The van der Waals surface area contributed by atoms with Crippen LogP contribution < -0.4 is 0 Å². The predicted octanol–water partition coefficient (Wildman–Crippen LogP) is 1.42. The number of tetrazole rings is 1. The number of hydrogen-bond donors (Lipinski definition) is 1. The van der Waals surface area contributed by atoms with Gasteiger partial charge < -0.3 is 9.80 Å². The summed E-state index contributed by atoms with van der Waals surface area (Å²) in [7, 11) is 0. The van der Waals surface area contributed by atoms with Crippen molar-refractivity contribution in [3.05, 3.63) is 18.1 Å². The highest BCUT2D eigenvalue weighted by atomic mass is 16.2. The number of rotatable bonds is 4. The summed E-state index contributed by atoms with van der Waals surface area (Å²) in [6.07, 6.45) is 11.9. The van der Waals surface area contributed by atoms with Gasteiger partial charge in [0.05, 0.1) is 11.6 Å². The van der Waals surface area contributed by atoms with Gasteiger partial charge in [-0.1, -0.05) is 19.3 Å². The summed E-state index contributed by atoms with van der Waals surface area (Å²) in [6, 6.07) is 0. The highest BCUT2D eigenvalue weighted by molar-refractivity contribution is 5.98. The number of carbonyl (C=O) groups is 2. The molecule has 1 unspecified atom stereocenters. The smallest absolute Gasteiger partial charge is 0.259 e. The fourth-order valence-electron chi connectivity index (χ4n) is 5.48. The molecule has 2 aromatic heterocycles. The Hall–Kier alpha value is -2.78. The lowest BCUT2D eigenvalue weighted by atomic mass is 9.77. The summed E-state index contributed by atoms with van der Waals surface area (Å²) in [5, 5.41) is 17.9. The SMILES string of the molecule is O=C(c1cn[nH]c1-n1cnnn1)N1CCC2(CCCN(CC3CCCCC3)C2=O)C1. The van der Waals surface area contributed by atoms with E-state index in [-0.39, 0.29) is 11.8 Å². The number of nitrogens with one attached hydrogen (secondary N) is 1. The van der Waals surface area contributed by atoms with Gasteiger partial charge in [-0.05, 0) is 48.4 Å². The van der Waals surface area contributed by atoms with Crippen molar-refractivity contribution >= 4 is 11.8 Å². The van der Waals surface area contributed by atoms with Crippen LogP contribution in [0.1, 0.15) is 61.7 Å². The maximum Gasteiger partial charge on any atom is 0.259 e. The topological polar surface area (TPSA) is 113 Å². The van der Waals surface area contributed by atoms with E-state index >= 15 is 0 Å². The van der Waals surface area contributed by atoms with Crippen LogP contribution in [0.3, 0.4) is 0 Å². The van der Waals surface area contributed by atoms with Gasteiger partial charge in [0, 0.05) is 26.2 Å². The highest BCUT2D eigenvalue weighted by Gasteiger charge is 2.49. The third-order valence-corrected chi connectivity index (χ3v) is 7.10. The second kappa shape index (κ2) is 7.81. The Balaban J connectivity index is 1.29. The monoisotopic (exact) mass is 412 g/mol. The average molecular weight is 412 g/mol. The van der Waals surface area contributed by atoms with Gasteiger partial charge in [0.25, 0.3) is 5.91 Å². The molecular weight excluding hydrogens is 384 g/mol. The number of nitrogens with zero attached hydrogens (tertiary/aromatic N) is 7. The van der Waals surface area contributed by atoms with Gasteiger partial charge in [0.1, 0.15) is 11.9 Å². The van der Waals surface area contributed by atoms with E-state index in [1.807, 2.05) is 0 Å². The van der Waals surface area contributed by atoms with Crippen LogP contribution in [0.15, 0.2) is 12.5 Å². The first kappa shape index (κ1) is 19.2. The third kappa shape index (κ3) is 3.37. The number of hydrogen-bond acceptors (Lipinski definition) is 6. The highest BCUT2D eigenvalue weighted by Crippen LogP contribution is 2.41. The fourth-order valence-corrected chi connectivity index (χ4v) is 5.48. The second-order valence-electron chi connectivity index (χ2n) is 9.00. The number of H-pyrrole nitrogens is 1. The molecule has 3 aliphatic rings. The van der Waals surface area contributed by atoms with Gasteiger partial charge in [0.15, 0.2) is 5.82 Å². The molecule has 3 fully saturated rings. The van der Waals surface area contributed by atoms with Crippen molar-refractivity contribution in [2.24, 2.45) is 11.3 Å². The Bertz CT molecular complexity index is 904. The fraction of sp³-hybridized carbons (Fsp3) is 0.700. The summed E-state index contributed by atoms with van der Waals surface area (Å²) in [5.41, 5.74) is -0.0111. The Morgan fingerprint density at radius 2 is 2.03 bits per heavy atom. The molecular formula is C20H28N8O2. The van der Waals surface area contributed by atoms with Crippen molar-refractivity contribution in [3.8, 4) is 5.82 Å². The normalized spacial score (nSPS) is 25.4. The van der Waals surface area contributed by atoms with Crippen LogP contribution in [-0.4, -0.2) is 78.2 Å². The summed E-state index contributed by atoms with van der Waals surface area (Å²) in [4.78, 5) is 30.6. The number of aromatic amines is 1. The van der Waals surface area contributed by atoms with Gasteiger partial charge in [-0.2, -0.15) is 9.78 Å². The summed E-state index contributed by atoms with van der Waals surface area (Å²) < 4.78 is 1.39. The predicted molar refractivity (Wildman–Crippen MR) is 107 cm³/mol. The van der Waals surface area contributed by atoms with Crippen LogP contribution >= 0.6 is 0 Å². The van der Waals surface area contributed by atoms with Gasteiger partial charge >= 0.3 is 0 Å². The molecule has 1 aliphatic carbocycles. The van der Waals surface area contributed by atoms with Crippen molar-refractivity contribution in [3.63, 3.8) is 0 Å². The first-order valence-corrected chi connectivity index (χ1v) is 11.0. The molecule has 2 aromatic rings. The number of piperidine rings is 1. The number of aromatic nitrogens is 6. The van der Waals surface area contributed by atoms with Crippen molar-refractivity contribution in [2.75, 3.05) is 26.2 Å². The van der Waals surface area contributed by atoms with Gasteiger partial charge in [-0.3, -0.25) is 14.7 Å². The molecule has 10 heteroatoms. The van der Waals surface area contributed by atoms with Crippen LogP contribution in [0.5, 0.6) is 0 Å². The minimum atomic E-state index is -0.429. The van der Waals surface area contributed by atoms with Gasteiger partial charge in [-0.25, -0.2) is 0 Å². The molecule has 5 rings (SSSR count). The molecule has 2 saturated heterocycles. The lowest BCUT2D eigenvalue weighted by Gasteiger charge is -2.41. The van der Waals surface area contributed by atoms with Crippen LogP contribution in [-0.2, 0) is 4.79 Å². The van der Waals surface area contributed by atoms with Crippen LogP contribution in [0.4, 0.5) is 0 Å². The van der Waals surface area contributed by atoms with E-state index in [2.05, 4.69) is 30.6 Å². The lowest BCUT2D eigenvalue weighted by Crippen LogP contribution is -2.51. The molecule has 10 nitrogen and oxygen atoms in total. The van der Waals surface area contributed by atoms with Gasteiger partial charge in [0.2, 0.25) is 5.91 Å². The van der Waals surface area contributed by atoms with Gasteiger partial charge in [-0.15, -0.1) is 5.10 Å². The van der Waals surface area contributed by atoms with Crippen LogP contribution in [0.25, 0.3) is 5.82 Å². The largest absolute Gasteiger partial charge is 0.342 e. The van der Waals surface area contributed by atoms with E-state index in [1.54, 1.807) is 4.90 Å². The molecule has 0 bridgehead atoms. The lowest BCUT2D eigenvalue weighted by molar-refractivity contribution is -0.146. The Kier molecular flexibility index (Phi) is 5.00. The number of amides is 2. The van der Waals surface area contributed by atoms with E-state index in [0.29, 0.717) is 30.4 Å². The van der Waals surface area contributed by atoms with Crippen molar-refractivity contribution < 1.29 is 9.59 Å². The molecule has 1 N–H and O–H groups in total. The molecule has 2 aliphatic heterocycles. The molecule has 160 valence electrons. The molecule has 1 spiro atoms. The molecule has 1 saturated carbocycles. The first-order chi connectivity index (χ1) is 14.7. The van der Waals surface area contributed by atoms with Crippen LogP contribution in [0, 0.1) is 11.3 Å². The molecule has 2 amide bonds. The van der Waals surface area contributed by atoms with Crippen LogP contribution in [0.2, 0.25) is 0 Å². The Labute approximate surface area is 175 Å². The summed E-state index contributed by atoms with van der Waals surface area (Å²) >= 11 is 0. The Morgan fingerprint density at radius 3 is 2.83 bits per heavy atom. The quantitative estimate of drug-likeness (QED) is 0.813. The number of carbonyl (C=O) groups excluding carboxylic acids is 2. The van der Waals surface area contributed by atoms with E-state index in [4.69, 9.17) is 0 Å².